The molecular weight excluding hydrogens is 556 g/mol. The van der Waals surface area contributed by atoms with Crippen molar-refractivity contribution < 1.29 is 38.6 Å². The lowest BCUT2D eigenvalue weighted by Crippen LogP contribution is -2.57. The first-order chi connectivity index (χ1) is 20.5. The van der Waals surface area contributed by atoms with Crippen molar-refractivity contribution in [3.8, 4) is 5.75 Å². The Morgan fingerprint density at radius 3 is 2.70 bits per heavy atom. The molecular formula is C31H40N4O8. The Kier molecular flexibility index (Phi) is 8.66. The Bertz CT molecular complexity index is 1310. The summed E-state index contributed by atoms with van der Waals surface area (Å²) in [6, 6.07) is 3.72. The molecule has 3 aliphatic heterocycles. The van der Waals surface area contributed by atoms with Gasteiger partial charge in [0.15, 0.2) is 0 Å². The summed E-state index contributed by atoms with van der Waals surface area (Å²) in [4.78, 5) is 68.5. The number of nitrogens with zero attached hydrogens (tertiary/aromatic N) is 2. The molecule has 1 saturated carbocycles. The molecule has 1 aromatic carbocycles. The molecule has 5 atom stereocenters. The highest BCUT2D eigenvalue weighted by atomic mass is 16.5. The highest BCUT2D eigenvalue weighted by Crippen LogP contribution is 2.45. The van der Waals surface area contributed by atoms with E-state index in [1.54, 1.807) is 18.7 Å². The molecule has 43 heavy (non-hydrogen) atoms. The van der Waals surface area contributed by atoms with E-state index in [2.05, 4.69) is 17.2 Å². The number of benzene rings is 1. The van der Waals surface area contributed by atoms with Crippen molar-refractivity contribution in [2.24, 2.45) is 11.8 Å². The van der Waals surface area contributed by atoms with Crippen LogP contribution in [0.5, 0.6) is 5.75 Å². The van der Waals surface area contributed by atoms with Crippen molar-refractivity contribution in [1.29, 1.82) is 0 Å². The van der Waals surface area contributed by atoms with Crippen LogP contribution in [0.25, 0.3) is 0 Å². The minimum atomic E-state index is -1.47. The molecule has 0 radical (unpaired) electrons. The van der Waals surface area contributed by atoms with E-state index in [1.165, 1.54) is 11.0 Å². The molecule has 4 aliphatic rings. The Labute approximate surface area is 250 Å². The lowest BCUT2D eigenvalue weighted by Gasteiger charge is -2.31. The van der Waals surface area contributed by atoms with Gasteiger partial charge in [0.25, 0.3) is 0 Å². The van der Waals surface area contributed by atoms with Crippen molar-refractivity contribution in [2.75, 3.05) is 19.7 Å². The first kappa shape index (κ1) is 30.4. The fourth-order valence-corrected chi connectivity index (χ4v) is 6.31. The average Bonchev–Trinajstić information content (AvgIpc) is 3.54. The van der Waals surface area contributed by atoms with E-state index in [9.17, 15) is 29.1 Å². The van der Waals surface area contributed by atoms with Gasteiger partial charge in [-0.1, -0.05) is 32.1 Å². The molecule has 4 amide bonds. The van der Waals surface area contributed by atoms with Gasteiger partial charge in [-0.3, -0.25) is 14.4 Å². The van der Waals surface area contributed by atoms with E-state index in [-0.39, 0.29) is 37.8 Å². The summed E-state index contributed by atoms with van der Waals surface area (Å²) in [5.74, 6) is -2.39. The van der Waals surface area contributed by atoms with Gasteiger partial charge in [0.1, 0.15) is 29.5 Å². The zero-order valence-electron chi connectivity index (χ0n) is 24.7. The van der Waals surface area contributed by atoms with Crippen LogP contribution in [0, 0.1) is 11.8 Å². The summed E-state index contributed by atoms with van der Waals surface area (Å²) >= 11 is 0. The molecule has 0 aromatic heterocycles. The summed E-state index contributed by atoms with van der Waals surface area (Å²) in [6.07, 6.45) is 2.54. The molecule has 4 bridgehead atoms. The number of amides is 4. The SMILES string of the molecule is C=C[C@H]1C[C@@]1(NC(=O)[C@@H]1C[C@@H]2CN1C(=O)[C@H](C(C)C)NC(=O)OCCCCC(=O)N1CCc3cccc(c3C1)O2)C(=O)O. The number of nitrogens with one attached hydrogen (secondary N) is 2. The van der Waals surface area contributed by atoms with Crippen LogP contribution in [0.3, 0.4) is 0 Å². The predicted octanol–water partition coefficient (Wildman–Crippen LogP) is 2.00. The molecule has 2 fully saturated rings. The largest absolute Gasteiger partial charge is 0.488 e. The van der Waals surface area contributed by atoms with Gasteiger partial charge in [-0.15, -0.1) is 6.58 Å². The summed E-state index contributed by atoms with van der Waals surface area (Å²) in [7, 11) is 0. The lowest BCUT2D eigenvalue weighted by atomic mass is 9.98. The van der Waals surface area contributed by atoms with Crippen LogP contribution in [0.4, 0.5) is 4.79 Å². The van der Waals surface area contributed by atoms with Crippen LogP contribution in [0.15, 0.2) is 30.9 Å². The monoisotopic (exact) mass is 596 g/mol. The second-order valence-electron chi connectivity index (χ2n) is 12.2. The smallest absolute Gasteiger partial charge is 0.407 e. The number of hydrogen-bond donors (Lipinski definition) is 3. The van der Waals surface area contributed by atoms with E-state index < -0.39 is 53.5 Å². The maximum absolute atomic E-state index is 14.0. The van der Waals surface area contributed by atoms with Crippen molar-refractivity contribution >= 4 is 29.8 Å². The summed E-state index contributed by atoms with van der Waals surface area (Å²) in [5.41, 5.74) is 0.522. The van der Waals surface area contributed by atoms with Crippen molar-refractivity contribution in [1.82, 2.24) is 20.4 Å². The summed E-state index contributed by atoms with van der Waals surface area (Å²) in [6.45, 7) is 8.36. The quantitative estimate of drug-likeness (QED) is 0.436. The van der Waals surface area contributed by atoms with Gasteiger partial charge in [0, 0.05) is 37.4 Å². The van der Waals surface area contributed by atoms with Crippen molar-refractivity contribution in [2.45, 2.75) is 82.6 Å². The predicted molar refractivity (Wildman–Crippen MR) is 154 cm³/mol. The van der Waals surface area contributed by atoms with Gasteiger partial charge in [-0.05, 0) is 43.2 Å². The van der Waals surface area contributed by atoms with E-state index in [4.69, 9.17) is 9.47 Å². The zero-order chi connectivity index (χ0) is 30.9. The molecule has 3 heterocycles. The Hall–Kier alpha value is -4.09. The van der Waals surface area contributed by atoms with Gasteiger partial charge in [0.2, 0.25) is 17.7 Å². The number of cyclic esters (lactones) is 1. The molecule has 3 N–H and O–H groups in total. The Morgan fingerprint density at radius 2 is 2.00 bits per heavy atom. The third-order valence-corrected chi connectivity index (χ3v) is 8.98. The molecule has 232 valence electrons. The zero-order valence-corrected chi connectivity index (χ0v) is 24.7. The molecule has 1 saturated heterocycles. The van der Waals surface area contributed by atoms with Crippen LogP contribution in [-0.4, -0.2) is 88.1 Å². The average molecular weight is 597 g/mol. The van der Waals surface area contributed by atoms with E-state index in [1.807, 2.05) is 18.2 Å². The number of fused-ring (bicyclic) bond motifs is 3. The highest BCUT2D eigenvalue weighted by Gasteiger charge is 2.61. The standard InChI is InChI=1S/C31H40N4O8/c1-4-20-15-31(20,29(39)40)33-27(37)23-14-21-16-35(23)28(38)26(18(2)3)32-30(41)42-13-6-5-10-25(36)34-12-11-19-8-7-9-24(43-21)22(19)17-34/h4,7-9,18,20-21,23,26H,1,5-6,10-17H2,2-3H3,(H,32,41)(H,33,37)(H,39,40)/t20-,21+,23-,26-,31-/m0/s1. The normalized spacial score (nSPS) is 29.5. The van der Waals surface area contributed by atoms with Crippen molar-refractivity contribution in [3.63, 3.8) is 0 Å². The van der Waals surface area contributed by atoms with Gasteiger partial charge < -0.3 is 35.0 Å². The second kappa shape index (κ2) is 12.3. The molecule has 0 unspecified atom stereocenters. The van der Waals surface area contributed by atoms with Gasteiger partial charge in [0.05, 0.1) is 13.2 Å². The first-order valence-corrected chi connectivity index (χ1v) is 15.0. The van der Waals surface area contributed by atoms with E-state index >= 15 is 0 Å². The number of carboxylic acid groups (broad SMARTS) is 1. The first-order valence-electron chi connectivity index (χ1n) is 15.0. The number of carbonyl (C=O) groups excluding carboxylic acids is 4. The highest BCUT2D eigenvalue weighted by molar-refractivity contribution is 5.96. The Morgan fingerprint density at radius 1 is 1.21 bits per heavy atom. The van der Waals surface area contributed by atoms with Gasteiger partial charge >= 0.3 is 12.1 Å². The van der Waals surface area contributed by atoms with Crippen LogP contribution in [-0.2, 0) is 36.9 Å². The summed E-state index contributed by atoms with van der Waals surface area (Å²) in [5, 5.41) is 15.2. The fraction of sp³-hybridized carbons (Fsp3) is 0.581. The van der Waals surface area contributed by atoms with Crippen LogP contribution in [0.1, 0.15) is 57.1 Å². The van der Waals surface area contributed by atoms with Gasteiger partial charge in [-0.25, -0.2) is 9.59 Å². The van der Waals surface area contributed by atoms with Gasteiger partial charge in [-0.2, -0.15) is 0 Å². The number of aliphatic carboxylic acids is 1. The number of alkyl carbamates (subject to hydrolysis) is 1. The van der Waals surface area contributed by atoms with E-state index in [0.717, 1.165) is 11.1 Å². The van der Waals surface area contributed by atoms with Crippen LogP contribution in [0.2, 0.25) is 0 Å². The number of carbonyl (C=O) groups is 5. The lowest BCUT2D eigenvalue weighted by molar-refractivity contribution is -0.146. The second-order valence-corrected chi connectivity index (χ2v) is 12.2. The molecule has 0 spiro atoms. The third kappa shape index (κ3) is 6.18. The molecule has 5 rings (SSSR count). The minimum absolute atomic E-state index is 0.0190. The maximum atomic E-state index is 14.0. The summed E-state index contributed by atoms with van der Waals surface area (Å²) < 4.78 is 11.8. The number of ether oxygens (including phenoxy) is 2. The van der Waals surface area contributed by atoms with Crippen LogP contribution < -0.4 is 15.4 Å². The fourth-order valence-electron chi connectivity index (χ4n) is 6.31. The number of carboxylic acids is 1. The molecule has 12 nitrogen and oxygen atoms in total. The third-order valence-electron chi connectivity index (χ3n) is 8.98. The Balaban J connectivity index is 1.46. The van der Waals surface area contributed by atoms with Crippen LogP contribution >= 0.6 is 0 Å². The minimum Gasteiger partial charge on any atom is -0.488 e. The molecule has 1 aromatic rings. The number of rotatable bonds is 5. The van der Waals surface area contributed by atoms with Crippen molar-refractivity contribution in [3.05, 3.63) is 42.0 Å². The molecule has 12 heteroatoms. The molecule has 1 aliphatic carbocycles. The maximum Gasteiger partial charge on any atom is 0.407 e. The number of hydrogen-bond acceptors (Lipinski definition) is 7. The van der Waals surface area contributed by atoms with E-state index in [0.29, 0.717) is 44.5 Å². The topological polar surface area (TPSA) is 155 Å².